The molecule has 0 saturated heterocycles. The highest BCUT2D eigenvalue weighted by Crippen LogP contribution is 2.35. The topological polar surface area (TPSA) is 34.2 Å². The van der Waals surface area contributed by atoms with Crippen LogP contribution in [0, 0.1) is 0 Å². The molecule has 9 rings (SSSR count). The summed E-state index contributed by atoms with van der Waals surface area (Å²) in [5.74, 6) is 0. The molecule has 0 bridgehead atoms. The molecule has 3 heterocycles. The van der Waals surface area contributed by atoms with Gasteiger partial charge in [0, 0.05) is 33.6 Å². The second-order valence-corrected chi connectivity index (χ2v) is 11.8. The second kappa shape index (κ2) is 10.8. The number of benzene rings is 6. The van der Waals surface area contributed by atoms with Gasteiger partial charge in [-0.3, -0.25) is 4.57 Å². The van der Waals surface area contributed by atoms with Crippen LogP contribution in [-0.4, -0.2) is 21.6 Å². The minimum Gasteiger partial charge on any atom is -0.366 e. The van der Waals surface area contributed by atoms with Crippen molar-refractivity contribution in [2.45, 2.75) is 6.17 Å². The molecule has 1 aliphatic heterocycles. The van der Waals surface area contributed by atoms with Gasteiger partial charge in [-0.1, -0.05) is 103 Å². The van der Waals surface area contributed by atoms with Gasteiger partial charge in [-0.15, -0.1) is 0 Å². The fourth-order valence-corrected chi connectivity index (χ4v) is 6.87. The normalized spacial score (nSPS) is 14.9. The molecule has 1 atom stereocenters. The first-order valence-corrected chi connectivity index (χ1v) is 15.7. The SMILES string of the molecule is C1=CNC(/N=C/n2c3ccccc3c3ccc4c(ccn4-c4ccccc4)c32)C(c2ccc3cc(-c4ccccc4)ccc3c2)=C1. The number of nitrogens with one attached hydrogen (secondary N) is 1. The summed E-state index contributed by atoms with van der Waals surface area (Å²) in [5, 5.41) is 9.57. The quantitative estimate of drug-likeness (QED) is 0.157. The van der Waals surface area contributed by atoms with Gasteiger partial charge in [-0.25, -0.2) is 4.99 Å². The maximum Gasteiger partial charge on any atom is 0.146 e. The third-order valence-corrected chi connectivity index (χ3v) is 9.11. The van der Waals surface area contributed by atoms with Gasteiger partial charge in [0.25, 0.3) is 0 Å². The number of hydrogen-bond donors (Lipinski definition) is 1. The Kier molecular flexibility index (Phi) is 6.17. The van der Waals surface area contributed by atoms with Crippen LogP contribution in [-0.2, 0) is 0 Å². The number of aliphatic imine (C=N–C) groups is 1. The smallest absolute Gasteiger partial charge is 0.146 e. The number of aromatic nitrogens is 2. The third kappa shape index (κ3) is 4.34. The van der Waals surface area contributed by atoms with E-state index in [4.69, 9.17) is 4.99 Å². The van der Waals surface area contributed by atoms with Crippen molar-refractivity contribution in [1.29, 1.82) is 0 Å². The minimum atomic E-state index is -0.227. The summed E-state index contributed by atoms with van der Waals surface area (Å²) < 4.78 is 4.51. The van der Waals surface area contributed by atoms with Crippen LogP contribution >= 0.6 is 0 Å². The molecular formula is C42H30N4. The predicted molar refractivity (Wildman–Crippen MR) is 194 cm³/mol. The number of dihydropyridines is 1. The van der Waals surface area contributed by atoms with E-state index in [1.165, 1.54) is 43.6 Å². The molecule has 4 nitrogen and oxygen atoms in total. The van der Waals surface area contributed by atoms with Crippen LogP contribution in [0.25, 0.3) is 65.9 Å². The van der Waals surface area contributed by atoms with Gasteiger partial charge in [-0.05, 0) is 82.2 Å². The molecule has 46 heavy (non-hydrogen) atoms. The van der Waals surface area contributed by atoms with Crippen molar-refractivity contribution in [2.75, 3.05) is 0 Å². The monoisotopic (exact) mass is 590 g/mol. The lowest BCUT2D eigenvalue weighted by atomic mass is 9.96. The molecule has 218 valence electrons. The largest absolute Gasteiger partial charge is 0.366 e. The van der Waals surface area contributed by atoms with Crippen LogP contribution in [0.5, 0.6) is 0 Å². The Hall–Kier alpha value is -6.13. The van der Waals surface area contributed by atoms with E-state index in [1.54, 1.807) is 0 Å². The molecule has 0 spiro atoms. The average molecular weight is 591 g/mol. The molecular weight excluding hydrogens is 560 g/mol. The fourth-order valence-electron chi connectivity index (χ4n) is 6.87. The third-order valence-electron chi connectivity index (χ3n) is 9.11. The Morgan fingerprint density at radius 3 is 2.17 bits per heavy atom. The highest BCUT2D eigenvalue weighted by molar-refractivity contribution is 6.20. The lowest BCUT2D eigenvalue weighted by Crippen LogP contribution is -2.26. The molecule has 1 unspecified atom stereocenters. The van der Waals surface area contributed by atoms with Crippen LogP contribution in [0.2, 0.25) is 0 Å². The van der Waals surface area contributed by atoms with Gasteiger partial charge in [0.1, 0.15) is 6.17 Å². The summed E-state index contributed by atoms with van der Waals surface area (Å²) in [6.07, 6.45) is 10.1. The zero-order chi connectivity index (χ0) is 30.5. The van der Waals surface area contributed by atoms with E-state index < -0.39 is 0 Å². The molecule has 0 saturated carbocycles. The Morgan fingerprint density at radius 2 is 1.33 bits per heavy atom. The van der Waals surface area contributed by atoms with Crippen LogP contribution in [0.1, 0.15) is 5.56 Å². The van der Waals surface area contributed by atoms with E-state index in [1.807, 2.05) is 12.5 Å². The first kappa shape index (κ1) is 26.3. The van der Waals surface area contributed by atoms with E-state index in [0.29, 0.717) is 0 Å². The van der Waals surface area contributed by atoms with Gasteiger partial charge in [0.05, 0.1) is 22.9 Å². The molecule has 6 aromatic carbocycles. The zero-order valence-corrected chi connectivity index (χ0v) is 25.1. The second-order valence-electron chi connectivity index (χ2n) is 11.8. The van der Waals surface area contributed by atoms with Gasteiger partial charge < -0.3 is 9.88 Å². The number of allylic oxidation sites excluding steroid dienone is 2. The zero-order valence-electron chi connectivity index (χ0n) is 25.1. The summed E-state index contributed by atoms with van der Waals surface area (Å²) in [6.45, 7) is 0. The standard InChI is InChI=1S/C42H30N4/c1-3-10-29(11-4-1)30-17-18-32-27-33(20-19-31(32)26-30)35-15-9-24-43-42(35)44-28-46-39-16-8-7-14-36(39)37-21-22-40-38(41(37)46)23-25-45(40)34-12-5-2-6-13-34/h1-28,42-43H/b44-28+. The van der Waals surface area contributed by atoms with E-state index in [0.717, 1.165) is 27.9 Å². The number of nitrogens with zero attached hydrogens (tertiary/aromatic N) is 3. The first-order chi connectivity index (χ1) is 22.8. The van der Waals surface area contributed by atoms with E-state index in [2.05, 4.69) is 172 Å². The summed E-state index contributed by atoms with van der Waals surface area (Å²) in [5.41, 5.74) is 9.36. The Balaban J connectivity index is 1.12. The van der Waals surface area contributed by atoms with Crippen molar-refractivity contribution in [3.63, 3.8) is 0 Å². The lowest BCUT2D eigenvalue weighted by molar-refractivity contribution is 0.747. The Labute approximate surface area is 266 Å². The van der Waals surface area contributed by atoms with E-state index >= 15 is 0 Å². The van der Waals surface area contributed by atoms with Crippen molar-refractivity contribution in [2.24, 2.45) is 4.99 Å². The van der Waals surface area contributed by atoms with Crippen LogP contribution < -0.4 is 5.32 Å². The Morgan fingerprint density at radius 1 is 0.587 bits per heavy atom. The first-order valence-electron chi connectivity index (χ1n) is 15.7. The van der Waals surface area contributed by atoms with Crippen LogP contribution in [0.15, 0.2) is 169 Å². The van der Waals surface area contributed by atoms with Gasteiger partial charge in [0.2, 0.25) is 0 Å². The van der Waals surface area contributed by atoms with Crippen molar-refractivity contribution < 1.29 is 0 Å². The summed E-state index contributed by atoms with van der Waals surface area (Å²) in [4.78, 5) is 5.19. The van der Waals surface area contributed by atoms with Crippen molar-refractivity contribution in [3.8, 4) is 16.8 Å². The lowest BCUT2D eigenvalue weighted by Gasteiger charge is -2.20. The molecule has 0 radical (unpaired) electrons. The maximum absolute atomic E-state index is 5.19. The summed E-state index contributed by atoms with van der Waals surface area (Å²) in [6, 6.07) is 49.7. The minimum absolute atomic E-state index is 0.227. The molecule has 0 aliphatic carbocycles. The predicted octanol–water partition coefficient (Wildman–Crippen LogP) is 9.96. The fraction of sp³-hybridized carbons (Fsp3) is 0.0238. The molecule has 1 aliphatic rings. The average Bonchev–Trinajstić information content (AvgIpc) is 3.70. The van der Waals surface area contributed by atoms with Gasteiger partial charge in [0.15, 0.2) is 0 Å². The molecule has 1 N–H and O–H groups in total. The summed E-state index contributed by atoms with van der Waals surface area (Å²) >= 11 is 0. The van der Waals surface area contributed by atoms with Gasteiger partial charge in [-0.2, -0.15) is 0 Å². The summed E-state index contributed by atoms with van der Waals surface area (Å²) in [7, 11) is 0. The maximum atomic E-state index is 5.19. The van der Waals surface area contributed by atoms with Crippen molar-refractivity contribution in [1.82, 2.24) is 14.5 Å². The van der Waals surface area contributed by atoms with Crippen molar-refractivity contribution >= 4 is 55.4 Å². The highest BCUT2D eigenvalue weighted by Gasteiger charge is 2.18. The van der Waals surface area contributed by atoms with Crippen molar-refractivity contribution in [3.05, 3.63) is 170 Å². The number of rotatable bonds is 5. The highest BCUT2D eigenvalue weighted by atomic mass is 15.1. The number of fused-ring (bicyclic) bond motifs is 6. The molecule has 0 fully saturated rings. The Bertz CT molecular complexity index is 2490. The molecule has 0 amide bonds. The van der Waals surface area contributed by atoms with Crippen LogP contribution in [0.4, 0.5) is 0 Å². The number of hydrogen-bond acceptors (Lipinski definition) is 2. The molecule has 4 heteroatoms. The van der Waals surface area contributed by atoms with E-state index in [-0.39, 0.29) is 6.17 Å². The van der Waals surface area contributed by atoms with Crippen LogP contribution in [0.3, 0.4) is 0 Å². The number of para-hydroxylation sites is 2. The van der Waals surface area contributed by atoms with E-state index in [9.17, 15) is 0 Å². The molecule has 8 aromatic rings. The van der Waals surface area contributed by atoms with Gasteiger partial charge >= 0.3 is 0 Å². The molecule has 2 aromatic heterocycles.